The van der Waals surface area contributed by atoms with E-state index in [2.05, 4.69) is 15.6 Å². The van der Waals surface area contributed by atoms with E-state index in [1.54, 1.807) is 9.58 Å². The molecular weight excluding hydrogens is 430 g/mol. The molecule has 2 atom stereocenters. The lowest BCUT2D eigenvalue weighted by molar-refractivity contribution is -0.143. The van der Waals surface area contributed by atoms with Crippen LogP contribution in [0.5, 0.6) is 0 Å². The average molecular weight is 462 g/mol. The monoisotopic (exact) mass is 461 g/mol. The summed E-state index contributed by atoms with van der Waals surface area (Å²) in [5, 5.41) is 11.6. The number of hydrogen-bond acceptors (Lipinski definition) is 5. The van der Waals surface area contributed by atoms with E-state index in [9.17, 15) is 9.59 Å². The van der Waals surface area contributed by atoms with Gasteiger partial charge in [-0.2, -0.15) is 0 Å². The van der Waals surface area contributed by atoms with E-state index in [1.807, 2.05) is 54.6 Å². The highest BCUT2D eigenvalue weighted by Crippen LogP contribution is 2.27. The number of fused-ring (bicyclic) bond motifs is 1. The second-order valence-electron chi connectivity index (χ2n) is 9.22. The summed E-state index contributed by atoms with van der Waals surface area (Å²) in [6.45, 7) is 1.06. The lowest BCUT2D eigenvalue weighted by atomic mass is 10.0. The van der Waals surface area contributed by atoms with E-state index in [0.29, 0.717) is 13.2 Å². The molecule has 2 amide bonds. The summed E-state index contributed by atoms with van der Waals surface area (Å²) in [4.78, 5) is 29.1. The molecule has 5 rings (SSSR count). The van der Waals surface area contributed by atoms with Crippen LogP contribution in [0.25, 0.3) is 11.0 Å². The van der Waals surface area contributed by atoms with E-state index in [1.165, 1.54) is 0 Å². The normalized spacial score (nSPS) is 19.4. The van der Waals surface area contributed by atoms with Crippen molar-refractivity contribution in [3.8, 4) is 0 Å². The first kappa shape index (κ1) is 22.5. The van der Waals surface area contributed by atoms with Crippen molar-refractivity contribution in [2.75, 3.05) is 13.2 Å². The van der Waals surface area contributed by atoms with Gasteiger partial charge in [-0.05, 0) is 43.4 Å². The van der Waals surface area contributed by atoms with Crippen LogP contribution in [0.2, 0.25) is 0 Å². The fraction of sp³-hybridized carbons (Fsp3) is 0.462. The molecule has 8 nitrogen and oxygen atoms in total. The molecule has 178 valence electrons. The van der Waals surface area contributed by atoms with Gasteiger partial charge in [-0.25, -0.2) is 4.68 Å². The van der Waals surface area contributed by atoms with Gasteiger partial charge in [-0.3, -0.25) is 9.59 Å². The predicted molar refractivity (Wildman–Crippen MR) is 128 cm³/mol. The van der Waals surface area contributed by atoms with E-state index < -0.39 is 6.04 Å². The molecule has 2 fully saturated rings. The van der Waals surface area contributed by atoms with Gasteiger partial charge in [0.25, 0.3) is 0 Å². The highest BCUT2D eigenvalue weighted by molar-refractivity contribution is 5.89. The van der Waals surface area contributed by atoms with Gasteiger partial charge < -0.3 is 15.0 Å². The van der Waals surface area contributed by atoms with Crippen molar-refractivity contribution in [3.05, 3.63) is 60.2 Å². The number of carbonyl (C=O) groups excluding carboxylic acids is 2. The molecule has 2 aromatic carbocycles. The Bertz CT molecular complexity index is 1120. The highest BCUT2D eigenvalue weighted by Gasteiger charge is 2.35. The zero-order valence-electron chi connectivity index (χ0n) is 19.3. The summed E-state index contributed by atoms with van der Waals surface area (Å²) in [5.41, 5.74) is 2.33. The third-order valence-corrected chi connectivity index (χ3v) is 6.83. The van der Waals surface area contributed by atoms with Gasteiger partial charge >= 0.3 is 0 Å². The lowest BCUT2D eigenvalue weighted by Crippen LogP contribution is -2.49. The number of rotatable bonds is 8. The van der Waals surface area contributed by atoms with Crippen LogP contribution in [0.4, 0.5) is 0 Å². The smallest absolute Gasteiger partial charge is 0.247 e. The van der Waals surface area contributed by atoms with Crippen LogP contribution in [-0.4, -0.2) is 57.0 Å². The van der Waals surface area contributed by atoms with E-state index in [4.69, 9.17) is 4.74 Å². The van der Waals surface area contributed by atoms with Gasteiger partial charge in [0.2, 0.25) is 11.8 Å². The molecule has 0 unspecified atom stereocenters. The van der Waals surface area contributed by atoms with Crippen molar-refractivity contribution in [3.63, 3.8) is 0 Å². The molecule has 1 aliphatic heterocycles. The van der Waals surface area contributed by atoms with Gasteiger partial charge in [0.15, 0.2) is 0 Å². The number of carbonyl (C=O) groups is 2. The number of benzene rings is 2. The molecule has 2 aliphatic rings. The quantitative estimate of drug-likeness (QED) is 0.556. The topological polar surface area (TPSA) is 89.4 Å². The Balaban J connectivity index is 1.46. The highest BCUT2D eigenvalue weighted by atomic mass is 16.5. The molecule has 1 aliphatic carbocycles. The Labute approximate surface area is 199 Å². The summed E-state index contributed by atoms with van der Waals surface area (Å²) in [6, 6.07) is 16.6. The Hall–Kier alpha value is -3.26. The Morgan fingerprint density at radius 3 is 2.56 bits per heavy atom. The molecule has 0 spiro atoms. The van der Waals surface area contributed by atoms with Crippen LogP contribution in [0.15, 0.2) is 54.6 Å². The van der Waals surface area contributed by atoms with Gasteiger partial charge in [0.05, 0.1) is 11.6 Å². The van der Waals surface area contributed by atoms with Gasteiger partial charge in [0.1, 0.15) is 18.1 Å². The summed E-state index contributed by atoms with van der Waals surface area (Å²) in [7, 11) is 0. The largest absolute Gasteiger partial charge is 0.376 e. The summed E-state index contributed by atoms with van der Waals surface area (Å²) >= 11 is 0. The van der Waals surface area contributed by atoms with Crippen LogP contribution < -0.4 is 5.32 Å². The van der Waals surface area contributed by atoms with Crippen molar-refractivity contribution >= 4 is 22.8 Å². The van der Waals surface area contributed by atoms with Crippen LogP contribution in [-0.2, 0) is 20.9 Å². The second-order valence-corrected chi connectivity index (χ2v) is 9.22. The zero-order chi connectivity index (χ0) is 23.3. The van der Waals surface area contributed by atoms with Crippen LogP contribution in [0.1, 0.15) is 50.1 Å². The molecule has 1 aromatic heterocycles. The molecule has 0 bridgehead atoms. The van der Waals surface area contributed by atoms with Crippen molar-refractivity contribution in [1.29, 1.82) is 0 Å². The summed E-state index contributed by atoms with van der Waals surface area (Å²) in [6.07, 6.45) is 5.97. The number of nitrogens with zero attached hydrogens (tertiary/aromatic N) is 4. The molecule has 1 N–H and O–H groups in total. The molecule has 1 saturated carbocycles. The van der Waals surface area contributed by atoms with Crippen LogP contribution >= 0.6 is 0 Å². The molecule has 34 heavy (non-hydrogen) atoms. The van der Waals surface area contributed by atoms with Crippen LogP contribution in [0, 0.1) is 0 Å². The zero-order valence-corrected chi connectivity index (χ0v) is 19.3. The minimum absolute atomic E-state index is 0.00722. The Morgan fingerprint density at radius 1 is 1.03 bits per heavy atom. The fourth-order valence-corrected chi connectivity index (χ4v) is 5.07. The number of ether oxygens (including phenoxy) is 1. The van der Waals surface area contributed by atoms with Gasteiger partial charge in [-0.15, -0.1) is 5.10 Å². The lowest BCUT2D eigenvalue weighted by Gasteiger charge is -2.33. The second kappa shape index (κ2) is 10.3. The van der Waals surface area contributed by atoms with Crippen molar-refractivity contribution < 1.29 is 14.3 Å². The SMILES string of the molecule is O=C(NC1CCCC1)[C@@H](c1ccccc1)N(C[C@@H]1CCCO1)C(=O)Cn1nnc2ccccc21. The van der Waals surface area contributed by atoms with Gasteiger partial charge in [-0.1, -0.05) is 60.5 Å². The minimum atomic E-state index is -0.728. The number of amides is 2. The first-order valence-electron chi connectivity index (χ1n) is 12.2. The first-order chi connectivity index (χ1) is 16.7. The third-order valence-electron chi connectivity index (χ3n) is 6.83. The molecule has 1 saturated heterocycles. The van der Waals surface area contributed by atoms with Crippen molar-refractivity contribution in [1.82, 2.24) is 25.2 Å². The molecule has 8 heteroatoms. The van der Waals surface area contributed by atoms with E-state index >= 15 is 0 Å². The van der Waals surface area contributed by atoms with Crippen molar-refractivity contribution in [2.45, 2.75) is 63.3 Å². The molecule has 3 aromatic rings. The number of nitrogens with one attached hydrogen (secondary N) is 1. The molecular formula is C26H31N5O3. The number of hydrogen-bond donors (Lipinski definition) is 1. The first-order valence-corrected chi connectivity index (χ1v) is 12.2. The van der Waals surface area contributed by atoms with E-state index in [0.717, 1.165) is 55.1 Å². The van der Waals surface area contributed by atoms with Crippen LogP contribution in [0.3, 0.4) is 0 Å². The number of aromatic nitrogens is 3. The molecule has 2 heterocycles. The fourth-order valence-electron chi connectivity index (χ4n) is 5.07. The minimum Gasteiger partial charge on any atom is -0.376 e. The van der Waals surface area contributed by atoms with E-state index in [-0.39, 0.29) is 30.5 Å². The summed E-state index contributed by atoms with van der Waals surface area (Å²) < 4.78 is 7.49. The predicted octanol–water partition coefficient (Wildman–Crippen LogP) is 3.24. The maximum atomic E-state index is 13.8. The average Bonchev–Trinajstić information content (AvgIpc) is 3.63. The summed E-state index contributed by atoms with van der Waals surface area (Å²) in [5.74, 6) is -0.311. The molecule has 0 radical (unpaired) electrons. The Morgan fingerprint density at radius 2 is 1.79 bits per heavy atom. The van der Waals surface area contributed by atoms with Gasteiger partial charge in [0, 0.05) is 19.2 Å². The van der Waals surface area contributed by atoms with Crippen molar-refractivity contribution in [2.24, 2.45) is 0 Å². The number of para-hydroxylation sites is 1. The Kier molecular flexibility index (Phi) is 6.85. The maximum absolute atomic E-state index is 13.8. The standard InChI is InChI=1S/C26H31N5O3/c32-24(18-31-23-15-7-6-14-22(23)28-29-31)30(17-21-13-8-16-34-21)25(19-9-2-1-3-10-19)26(33)27-20-11-4-5-12-20/h1-3,6-7,9-10,14-15,20-21,25H,4-5,8,11-13,16-18H2,(H,27,33)/t21-,25+/m0/s1. The maximum Gasteiger partial charge on any atom is 0.247 e. The third kappa shape index (κ3) is 4.97.